The van der Waals surface area contributed by atoms with Crippen molar-refractivity contribution in [2.45, 2.75) is 33.7 Å². The fourth-order valence-electron chi connectivity index (χ4n) is 1.75. The van der Waals surface area contributed by atoms with E-state index < -0.39 is 0 Å². The highest BCUT2D eigenvalue weighted by Crippen LogP contribution is 2.04. The highest BCUT2D eigenvalue weighted by Gasteiger charge is 2.11. The van der Waals surface area contributed by atoms with Crippen molar-refractivity contribution < 1.29 is 4.79 Å². The molecule has 0 aliphatic heterocycles. The molecule has 0 aliphatic rings. The number of hydrogen-bond donors (Lipinski definition) is 0. The number of ketones is 1. The van der Waals surface area contributed by atoms with Crippen LogP contribution in [0.25, 0.3) is 0 Å². The van der Waals surface area contributed by atoms with Gasteiger partial charge in [-0.05, 0) is 26.1 Å². The molecule has 0 atom stereocenters. The van der Waals surface area contributed by atoms with Gasteiger partial charge in [0.2, 0.25) is 0 Å². The fourth-order valence-corrected chi connectivity index (χ4v) is 1.75. The second kappa shape index (κ2) is 6.43. The molecule has 1 rings (SSSR count). The van der Waals surface area contributed by atoms with Gasteiger partial charge in [0.1, 0.15) is 5.69 Å². The van der Waals surface area contributed by atoms with E-state index in [0.29, 0.717) is 6.42 Å². The molecule has 0 aliphatic carbocycles. The maximum absolute atomic E-state index is 11.9. The van der Waals surface area contributed by atoms with Crippen molar-refractivity contribution in [1.29, 1.82) is 0 Å². The zero-order valence-electron chi connectivity index (χ0n) is 10.4. The van der Waals surface area contributed by atoms with Crippen LogP contribution in [0.2, 0.25) is 0 Å². The zero-order valence-corrected chi connectivity index (χ0v) is 10.4. The van der Waals surface area contributed by atoms with E-state index in [0.717, 1.165) is 31.9 Å². The fraction of sp³-hybridized carbons (Fsp3) is 0.667. The largest absolute Gasteiger partial charge is 0.303 e. The third-order valence-electron chi connectivity index (χ3n) is 2.85. The standard InChI is InChI=1S/C12H21N3O/c1-4-14(5-2)10-8-12(16)11-7-9-13-15(11)6-3/h7,9H,4-6,8,10H2,1-3H3. The lowest BCUT2D eigenvalue weighted by Crippen LogP contribution is -2.26. The molecule has 0 N–H and O–H groups in total. The molecule has 1 aromatic heterocycles. The van der Waals surface area contributed by atoms with E-state index in [4.69, 9.17) is 0 Å². The Balaban J connectivity index is 2.52. The number of rotatable bonds is 7. The number of aryl methyl sites for hydroxylation is 1. The second-order valence-electron chi connectivity index (χ2n) is 3.73. The van der Waals surface area contributed by atoms with E-state index in [-0.39, 0.29) is 5.78 Å². The lowest BCUT2D eigenvalue weighted by Gasteiger charge is -2.17. The summed E-state index contributed by atoms with van der Waals surface area (Å²) in [6.45, 7) is 9.80. The summed E-state index contributed by atoms with van der Waals surface area (Å²) in [4.78, 5) is 14.2. The minimum Gasteiger partial charge on any atom is -0.303 e. The maximum atomic E-state index is 11.9. The summed E-state index contributed by atoms with van der Waals surface area (Å²) >= 11 is 0. The molecule has 4 nitrogen and oxygen atoms in total. The van der Waals surface area contributed by atoms with Crippen molar-refractivity contribution in [2.75, 3.05) is 19.6 Å². The first-order chi connectivity index (χ1) is 7.72. The van der Waals surface area contributed by atoms with Crippen LogP contribution in [0.3, 0.4) is 0 Å². The minimum absolute atomic E-state index is 0.186. The molecule has 1 aromatic rings. The minimum atomic E-state index is 0.186. The molecular weight excluding hydrogens is 202 g/mol. The van der Waals surface area contributed by atoms with Gasteiger partial charge in [-0.1, -0.05) is 13.8 Å². The van der Waals surface area contributed by atoms with E-state index in [1.165, 1.54) is 0 Å². The number of Topliss-reactive ketones (excluding diaryl/α,β-unsaturated/α-hetero) is 1. The Morgan fingerprint density at radius 3 is 2.62 bits per heavy atom. The predicted octanol–water partition coefficient (Wildman–Crippen LogP) is 1.82. The van der Waals surface area contributed by atoms with Gasteiger partial charge in [0, 0.05) is 25.7 Å². The molecule has 0 amide bonds. The van der Waals surface area contributed by atoms with Crippen molar-refractivity contribution in [3.63, 3.8) is 0 Å². The molecular formula is C12H21N3O. The lowest BCUT2D eigenvalue weighted by atomic mass is 10.2. The molecule has 0 saturated heterocycles. The maximum Gasteiger partial charge on any atom is 0.182 e. The van der Waals surface area contributed by atoms with Crippen LogP contribution in [0.15, 0.2) is 12.3 Å². The van der Waals surface area contributed by atoms with Gasteiger partial charge < -0.3 is 4.90 Å². The van der Waals surface area contributed by atoms with Gasteiger partial charge in [-0.15, -0.1) is 0 Å². The van der Waals surface area contributed by atoms with Crippen LogP contribution in [-0.2, 0) is 6.54 Å². The molecule has 0 fully saturated rings. The second-order valence-corrected chi connectivity index (χ2v) is 3.73. The highest BCUT2D eigenvalue weighted by molar-refractivity contribution is 5.94. The molecule has 16 heavy (non-hydrogen) atoms. The average molecular weight is 223 g/mol. The van der Waals surface area contributed by atoms with Gasteiger partial charge in [0.15, 0.2) is 5.78 Å². The van der Waals surface area contributed by atoms with E-state index in [9.17, 15) is 4.79 Å². The van der Waals surface area contributed by atoms with Crippen LogP contribution in [0.4, 0.5) is 0 Å². The third-order valence-corrected chi connectivity index (χ3v) is 2.85. The van der Waals surface area contributed by atoms with Gasteiger partial charge in [-0.25, -0.2) is 0 Å². The van der Waals surface area contributed by atoms with E-state index >= 15 is 0 Å². The quantitative estimate of drug-likeness (QED) is 0.662. The van der Waals surface area contributed by atoms with E-state index in [1.54, 1.807) is 16.9 Å². The molecule has 0 radical (unpaired) electrons. The molecule has 0 saturated carbocycles. The van der Waals surface area contributed by atoms with Crippen LogP contribution in [0.5, 0.6) is 0 Å². The smallest absolute Gasteiger partial charge is 0.182 e. The van der Waals surface area contributed by atoms with E-state index in [1.807, 2.05) is 6.92 Å². The Kier molecular flexibility index (Phi) is 5.19. The monoisotopic (exact) mass is 223 g/mol. The number of carbonyl (C=O) groups excluding carboxylic acids is 1. The van der Waals surface area contributed by atoms with Crippen molar-refractivity contribution in [1.82, 2.24) is 14.7 Å². The normalized spacial score (nSPS) is 11.0. The van der Waals surface area contributed by atoms with E-state index in [2.05, 4.69) is 23.8 Å². The summed E-state index contributed by atoms with van der Waals surface area (Å²) in [6, 6.07) is 1.80. The number of aromatic nitrogens is 2. The van der Waals surface area contributed by atoms with Gasteiger partial charge in [-0.3, -0.25) is 9.48 Å². The zero-order chi connectivity index (χ0) is 12.0. The molecule has 0 aromatic carbocycles. The topological polar surface area (TPSA) is 38.1 Å². The van der Waals surface area contributed by atoms with Crippen LogP contribution in [-0.4, -0.2) is 40.1 Å². The van der Waals surface area contributed by atoms with Gasteiger partial charge in [-0.2, -0.15) is 5.10 Å². The Morgan fingerprint density at radius 1 is 1.38 bits per heavy atom. The first-order valence-corrected chi connectivity index (χ1v) is 6.00. The first-order valence-electron chi connectivity index (χ1n) is 6.00. The number of hydrogen-bond acceptors (Lipinski definition) is 3. The van der Waals surface area contributed by atoms with Crippen molar-refractivity contribution in [3.8, 4) is 0 Å². The van der Waals surface area contributed by atoms with Crippen LogP contribution in [0, 0.1) is 0 Å². The summed E-state index contributed by atoms with van der Waals surface area (Å²) in [5, 5.41) is 4.11. The Morgan fingerprint density at radius 2 is 2.06 bits per heavy atom. The van der Waals surface area contributed by atoms with Gasteiger partial charge >= 0.3 is 0 Å². The summed E-state index contributed by atoms with van der Waals surface area (Å²) in [7, 11) is 0. The Labute approximate surface area is 97.2 Å². The molecule has 0 bridgehead atoms. The lowest BCUT2D eigenvalue weighted by molar-refractivity contribution is 0.0956. The SMILES string of the molecule is CCN(CC)CCC(=O)c1ccnn1CC. The predicted molar refractivity (Wildman–Crippen MR) is 64.6 cm³/mol. The van der Waals surface area contributed by atoms with Crippen molar-refractivity contribution in [2.24, 2.45) is 0 Å². The average Bonchev–Trinajstić information content (AvgIpc) is 2.78. The van der Waals surface area contributed by atoms with Crippen LogP contribution >= 0.6 is 0 Å². The van der Waals surface area contributed by atoms with Crippen molar-refractivity contribution in [3.05, 3.63) is 18.0 Å². The summed E-state index contributed by atoms with van der Waals surface area (Å²) < 4.78 is 1.75. The number of carbonyl (C=O) groups is 1. The van der Waals surface area contributed by atoms with Gasteiger partial charge in [0.25, 0.3) is 0 Å². The van der Waals surface area contributed by atoms with Crippen molar-refractivity contribution >= 4 is 5.78 Å². The molecule has 1 heterocycles. The Bertz CT molecular complexity index is 329. The first kappa shape index (κ1) is 12.9. The molecule has 90 valence electrons. The molecule has 0 unspecified atom stereocenters. The van der Waals surface area contributed by atoms with Gasteiger partial charge in [0.05, 0.1) is 0 Å². The van der Waals surface area contributed by atoms with Crippen LogP contribution < -0.4 is 0 Å². The van der Waals surface area contributed by atoms with Crippen LogP contribution in [0.1, 0.15) is 37.7 Å². The summed E-state index contributed by atoms with van der Waals surface area (Å²) in [5.74, 6) is 0.186. The molecule has 0 spiro atoms. The summed E-state index contributed by atoms with van der Waals surface area (Å²) in [5.41, 5.74) is 0.731. The molecule has 4 heteroatoms. The number of nitrogens with zero attached hydrogens (tertiary/aromatic N) is 3. The summed E-state index contributed by atoms with van der Waals surface area (Å²) in [6.07, 6.45) is 2.27. The third kappa shape index (κ3) is 3.17. The highest BCUT2D eigenvalue weighted by atomic mass is 16.1. The Hall–Kier alpha value is -1.16.